The third-order valence-corrected chi connectivity index (χ3v) is 2.30. The maximum absolute atomic E-state index is 5.36. The molecule has 60 valence electrons. The average molecular weight is 160 g/mol. The Morgan fingerprint density at radius 1 is 1.08 bits per heavy atom. The van der Waals surface area contributed by atoms with E-state index in [1.54, 1.807) is 0 Å². The van der Waals surface area contributed by atoms with Gasteiger partial charge in [-0.2, -0.15) is 0 Å². The number of rotatable bonds is 0. The number of allylic oxidation sites excluding steroid dienone is 1. The molecule has 3 rings (SSSR count). The zero-order chi connectivity index (χ0) is 7.97. The van der Waals surface area contributed by atoms with Gasteiger partial charge in [-0.25, -0.2) is 0 Å². The van der Waals surface area contributed by atoms with E-state index >= 15 is 0 Å². The standard InChI is InChI=1S/C10H8O2/c1-2-4-8-7(3-1)5-9-10(8)12-6-11-9/h1-4H,5-6H2. The first-order chi connectivity index (χ1) is 5.95. The summed E-state index contributed by atoms with van der Waals surface area (Å²) in [5, 5.41) is 0. The minimum Gasteiger partial charge on any atom is -0.458 e. The third kappa shape index (κ3) is 0.644. The fraction of sp³-hybridized carbons (Fsp3) is 0.200. The maximum Gasteiger partial charge on any atom is 0.230 e. The van der Waals surface area contributed by atoms with E-state index in [0.29, 0.717) is 6.79 Å². The molecule has 0 fully saturated rings. The lowest BCUT2D eigenvalue weighted by molar-refractivity contribution is 0.0839. The zero-order valence-corrected chi connectivity index (χ0v) is 6.54. The molecule has 0 atom stereocenters. The molecule has 1 aliphatic heterocycles. The van der Waals surface area contributed by atoms with Crippen molar-refractivity contribution in [1.29, 1.82) is 0 Å². The van der Waals surface area contributed by atoms with Gasteiger partial charge in [-0.15, -0.1) is 0 Å². The molecule has 1 heterocycles. The first-order valence-corrected chi connectivity index (χ1v) is 4.02. The van der Waals surface area contributed by atoms with Crippen LogP contribution in [-0.2, 0) is 15.9 Å². The quantitative estimate of drug-likeness (QED) is 0.577. The highest BCUT2D eigenvalue weighted by atomic mass is 16.7. The lowest BCUT2D eigenvalue weighted by atomic mass is 10.1. The zero-order valence-electron chi connectivity index (χ0n) is 6.54. The van der Waals surface area contributed by atoms with Crippen LogP contribution < -0.4 is 0 Å². The Hall–Kier alpha value is -1.44. The number of fused-ring (bicyclic) bond motifs is 2. The molecular weight excluding hydrogens is 152 g/mol. The second-order valence-corrected chi connectivity index (χ2v) is 2.99. The van der Waals surface area contributed by atoms with Crippen molar-refractivity contribution in [2.75, 3.05) is 6.79 Å². The van der Waals surface area contributed by atoms with Gasteiger partial charge in [0.1, 0.15) is 5.76 Å². The smallest absolute Gasteiger partial charge is 0.230 e. The van der Waals surface area contributed by atoms with Crippen LogP contribution in [0.3, 0.4) is 0 Å². The van der Waals surface area contributed by atoms with Crippen molar-refractivity contribution >= 4 is 5.76 Å². The molecule has 2 nitrogen and oxygen atoms in total. The lowest BCUT2D eigenvalue weighted by Gasteiger charge is -2.02. The Balaban J connectivity index is 2.18. The van der Waals surface area contributed by atoms with E-state index in [0.717, 1.165) is 17.9 Å². The summed E-state index contributed by atoms with van der Waals surface area (Å²) in [6.45, 7) is 0.388. The van der Waals surface area contributed by atoms with Crippen molar-refractivity contribution in [2.45, 2.75) is 6.42 Å². The molecular formula is C10H8O2. The van der Waals surface area contributed by atoms with Gasteiger partial charge in [-0.05, 0) is 5.56 Å². The highest BCUT2D eigenvalue weighted by Gasteiger charge is 2.27. The maximum atomic E-state index is 5.36. The second-order valence-electron chi connectivity index (χ2n) is 2.99. The predicted molar refractivity (Wildman–Crippen MR) is 44.1 cm³/mol. The minimum absolute atomic E-state index is 0.388. The molecule has 0 N–H and O–H groups in total. The fourth-order valence-corrected chi connectivity index (χ4v) is 1.73. The molecule has 12 heavy (non-hydrogen) atoms. The highest BCUT2D eigenvalue weighted by molar-refractivity contribution is 5.71. The van der Waals surface area contributed by atoms with Gasteiger partial charge in [-0.3, -0.25) is 0 Å². The third-order valence-electron chi connectivity index (χ3n) is 2.30. The number of hydrogen-bond donors (Lipinski definition) is 0. The van der Waals surface area contributed by atoms with Crippen LogP contribution in [0.5, 0.6) is 0 Å². The summed E-state index contributed by atoms with van der Waals surface area (Å²) in [5.41, 5.74) is 2.51. The Morgan fingerprint density at radius 3 is 3.00 bits per heavy atom. The van der Waals surface area contributed by atoms with Gasteiger partial charge in [0.05, 0.1) is 0 Å². The van der Waals surface area contributed by atoms with Crippen LogP contribution in [0.15, 0.2) is 30.0 Å². The van der Waals surface area contributed by atoms with Gasteiger partial charge in [0.15, 0.2) is 5.76 Å². The summed E-state index contributed by atoms with van der Waals surface area (Å²) in [4.78, 5) is 0. The SMILES string of the molecule is c1ccc2c(c1)CC1=C2OCO1. The van der Waals surface area contributed by atoms with Gasteiger partial charge in [-0.1, -0.05) is 24.3 Å². The van der Waals surface area contributed by atoms with Crippen molar-refractivity contribution in [2.24, 2.45) is 0 Å². The van der Waals surface area contributed by atoms with Gasteiger partial charge < -0.3 is 9.47 Å². The number of hydrogen-bond acceptors (Lipinski definition) is 2. The lowest BCUT2D eigenvalue weighted by Crippen LogP contribution is -1.92. The minimum atomic E-state index is 0.388. The van der Waals surface area contributed by atoms with Crippen LogP contribution in [0, 0.1) is 0 Å². The van der Waals surface area contributed by atoms with Crippen molar-refractivity contribution in [3.05, 3.63) is 41.2 Å². The molecule has 1 aromatic carbocycles. The van der Waals surface area contributed by atoms with Crippen molar-refractivity contribution in [3.63, 3.8) is 0 Å². The molecule has 0 spiro atoms. The molecule has 0 saturated carbocycles. The number of ether oxygens (including phenoxy) is 2. The van der Waals surface area contributed by atoms with Crippen LogP contribution in [-0.4, -0.2) is 6.79 Å². The van der Waals surface area contributed by atoms with Crippen molar-refractivity contribution in [3.8, 4) is 0 Å². The Morgan fingerprint density at radius 2 is 2.00 bits per heavy atom. The molecule has 0 saturated heterocycles. The van der Waals surface area contributed by atoms with Crippen LogP contribution >= 0.6 is 0 Å². The van der Waals surface area contributed by atoms with Gasteiger partial charge in [0, 0.05) is 12.0 Å². The summed E-state index contributed by atoms with van der Waals surface area (Å²) in [6, 6.07) is 8.25. The molecule has 0 bridgehead atoms. The van der Waals surface area contributed by atoms with E-state index < -0.39 is 0 Å². The van der Waals surface area contributed by atoms with E-state index in [1.807, 2.05) is 12.1 Å². The Bertz CT molecular complexity index is 366. The van der Waals surface area contributed by atoms with Crippen molar-refractivity contribution < 1.29 is 9.47 Å². The van der Waals surface area contributed by atoms with Crippen LogP contribution in [0.1, 0.15) is 11.1 Å². The summed E-state index contributed by atoms with van der Waals surface area (Å²) in [5.74, 6) is 1.95. The number of benzene rings is 1. The second kappa shape index (κ2) is 2.03. The molecule has 0 amide bonds. The predicted octanol–water partition coefficient (Wildman–Crippen LogP) is 1.92. The van der Waals surface area contributed by atoms with E-state index in [2.05, 4.69) is 12.1 Å². The van der Waals surface area contributed by atoms with Crippen molar-refractivity contribution in [1.82, 2.24) is 0 Å². The molecule has 0 aromatic heterocycles. The average Bonchev–Trinajstić information content (AvgIpc) is 2.62. The molecule has 0 unspecified atom stereocenters. The summed E-state index contributed by atoms with van der Waals surface area (Å²) >= 11 is 0. The first kappa shape index (κ1) is 6.12. The molecule has 1 aromatic rings. The fourth-order valence-electron chi connectivity index (χ4n) is 1.73. The topological polar surface area (TPSA) is 18.5 Å². The Labute approximate surface area is 70.4 Å². The Kier molecular flexibility index (Phi) is 1.04. The van der Waals surface area contributed by atoms with E-state index in [9.17, 15) is 0 Å². The summed E-state index contributed by atoms with van der Waals surface area (Å²) in [7, 11) is 0. The van der Waals surface area contributed by atoms with Gasteiger partial charge in [0.25, 0.3) is 0 Å². The summed E-state index contributed by atoms with van der Waals surface area (Å²) < 4.78 is 10.7. The normalized spacial score (nSPS) is 18.3. The molecule has 2 heteroatoms. The first-order valence-electron chi connectivity index (χ1n) is 4.02. The largest absolute Gasteiger partial charge is 0.458 e. The molecule has 1 aliphatic carbocycles. The molecule has 2 aliphatic rings. The van der Waals surface area contributed by atoms with E-state index in [1.165, 1.54) is 11.1 Å². The van der Waals surface area contributed by atoms with Gasteiger partial charge >= 0.3 is 0 Å². The van der Waals surface area contributed by atoms with E-state index in [-0.39, 0.29) is 0 Å². The summed E-state index contributed by atoms with van der Waals surface area (Å²) in [6.07, 6.45) is 0.894. The van der Waals surface area contributed by atoms with Crippen LogP contribution in [0.25, 0.3) is 5.76 Å². The monoisotopic (exact) mass is 160 g/mol. The molecule has 0 radical (unpaired) electrons. The van der Waals surface area contributed by atoms with Crippen LogP contribution in [0.2, 0.25) is 0 Å². The highest BCUT2D eigenvalue weighted by Crippen LogP contribution is 2.37. The van der Waals surface area contributed by atoms with Crippen LogP contribution in [0.4, 0.5) is 0 Å². The van der Waals surface area contributed by atoms with E-state index in [4.69, 9.17) is 9.47 Å². The van der Waals surface area contributed by atoms with Gasteiger partial charge in [0.2, 0.25) is 6.79 Å².